The minimum Gasteiger partial charge on any atom is -0.506 e. The van der Waals surface area contributed by atoms with Crippen LogP contribution in [0.1, 0.15) is 4.88 Å². The van der Waals surface area contributed by atoms with Gasteiger partial charge in [0.15, 0.2) is 0 Å². The Morgan fingerprint density at radius 3 is 2.86 bits per heavy atom. The summed E-state index contributed by atoms with van der Waals surface area (Å²) in [6.07, 6.45) is 1.69. The summed E-state index contributed by atoms with van der Waals surface area (Å²) in [6.45, 7) is 0. The molecule has 0 bridgehead atoms. The number of hydrogen-bond acceptors (Lipinski definition) is 6. The molecule has 0 fully saturated rings. The Morgan fingerprint density at radius 1 is 1.05 bits per heavy atom. The topological polar surface area (TPSA) is 58.4 Å². The highest BCUT2D eigenvalue weighted by Gasteiger charge is 2.09. The molecule has 2 aromatic carbocycles. The van der Waals surface area contributed by atoms with Gasteiger partial charge in [0.2, 0.25) is 0 Å². The summed E-state index contributed by atoms with van der Waals surface area (Å²) in [5.41, 5.74) is 2.40. The van der Waals surface area contributed by atoms with Crippen LogP contribution in [0.5, 0.6) is 5.75 Å². The molecule has 2 heterocycles. The second-order valence-corrected chi connectivity index (χ2v) is 6.09. The summed E-state index contributed by atoms with van der Waals surface area (Å²) in [5, 5.41) is 11.1. The summed E-state index contributed by atoms with van der Waals surface area (Å²) in [4.78, 5) is 5.21. The Labute approximate surface area is 128 Å². The van der Waals surface area contributed by atoms with Crippen LogP contribution in [-0.4, -0.2) is 20.1 Å². The van der Waals surface area contributed by atoms with Gasteiger partial charge in [0.1, 0.15) is 16.8 Å². The largest absolute Gasteiger partial charge is 0.506 e. The SMILES string of the molecule is Oc1c(/C=N/c2cccc3nsnc23)sc2ccccc12. The van der Waals surface area contributed by atoms with Crippen molar-refractivity contribution in [1.29, 1.82) is 0 Å². The van der Waals surface area contributed by atoms with E-state index in [1.807, 2.05) is 42.5 Å². The monoisotopic (exact) mass is 311 g/mol. The first kappa shape index (κ1) is 12.4. The van der Waals surface area contributed by atoms with Gasteiger partial charge in [0.05, 0.1) is 22.3 Å². The van der Waals surface area contributed by atoms with Crippen molar-refractivity contribution in [2.24, 2.45) is 4.99 Å². The molecule has 0 aliphatic heterocycles. The lowest BCUT2D eigenvalue weighted by molar-refractivity contribution is 0.483. The lowest BCUT2D eigenvalue weighted by Gasteiger charge is -1.94. The quantitative estimate of drug-likeness (QED) is 0.559. The van der Waals surface area contributed by atoms with Crippen molar-refractivity contribution in [3.8, 4) is 5.75 Å². The molecule has 21 heavy (non-hydrogen) atoms. The molecule has 0 amide bonds. The molecule has 0 unspecified atom stereocenters. The summed E-state index contributed by atoms with van der Waals surface area (Å²) >= 11 is 2.69. The zero-order valence-corrected chi connectivity index (χ0v) is 12.4. The van der Waals surface area contributed by atoms with E-state index in [1.165, 1.54) is 23.1 Å². The molecular formula is C15H9N3OS2. The van der Waals surface area contributed by atoms with Crippen LogP contribution in [0, 0.1) is 0 Å². The van der Waals surface area contributed by atoms with Gasteiger partial charge >= 0.3 is 0 Å². The maximum atomic E-state index is 10.2. The Balaban J connectivity index is 1.80. The molecular weight excluding hydrogens is 302 g/mol. The number of rotatable bonds is 2. The summed E-state index contributed by atoms with van der Waals surface area (Å²) in [5.74, 6) is 0.280. The van der Waals surface area contributed by atoms with E-state index < -0.39 is 0 Å². The van der Waals surface area contributed by atoms with Crippen molar-refractivity contribution in [2.45, 2.75) is 0 Å². The van der Waals surface area contributed by atoms with E-state index in [0.29, 0.717) is 0 Å². The van der Waals surface area contributed by atoms with E-state index in [-0.39, 0.29) is 5.75 Å². The second-order valence-electron chi connectivity index (χ2n) is 4.48. The highest BCUT2D eigenvalue weighted by atomic mass is 32.1. The molecule has 1 N–H and O–H groups in total. The van der Waals surface area contributed by atoms with Gasteiger partial charge in [-0.2, -0.15) is 8.75 Å². The maximum absolute atomic E-state index is 10.2. The normalized spacial score (nSPS) is 11.8. The number of aromatic nitrogens is 2. The Hall–Kier alpha value is -2.31. The zero-order valence-electron chi connectivity index (χ0n) is 10.7. The van der Waals surface area contributed by atoms with E-state index in [4.69, 9.17) is 0 Å². The van der Waals surface area contributed by atoms with Crippen LogP contribution in [0.3, 0.4) is 0 Å². The van der Waals surface area contributed by atoms with E-state index in [2.05, 4.69) is 13.7 Å². The average molecular weight is 311 g/mol. The Kier molecular flexibility index (Phi) is 2.90. The third-order valence-electron chi connectivity index (χ3n) is 3.18. The maximum Gasteiger partial charge on any atom is 0.142 e. The van der Waals surface area contributed by atoms with Crippen molar-refractivity contribution in [3.63, 3.8) is 0 Å². The minimum atomic E-state index is 0.280. The van der Waals surface area contributed by atoms with E-state index in [0.717, 1.165) is 31.7 Å². The molecule has 4 nitrogen and oxygen atoms in total. The predicted octanol–water partition coefficient (Wildman–Crippen LogP) is 4.36. The first-order valence-electron chi connectivity index (χ1n) is 6.29. The van der Waals surface area contributed by atoms with Crippen LogP contribution in [0.25, 0.3) is 21.1 Å². The van der Waals surface area contributed by atoms with Crippen molar-refractivity contribution < 1.29 is 5.11 Å². The molecule has 0 aliphatic carbocycles. The van der Waals surface area contributed by atoms with Crippen LogP contribution in [-0.2, 0) is 0 Å². The van der Waals surface area contributed by atoms with Crippen molar-refractivity contribution in [2.75, 3.05) is 0 Å². The molecule has 0 saturated carbocycles. The van der Waals surface area contributed by atoms with Gasteiger partial charge in [-0.05, 0) is 24.3 Å². The fraction of sp³-hybridized carbons (Fsp3) is 0. The first-order valence-corrected chi connectivity index (χ1v) is 7.83. The van der Waals surface area contributed by atoms with Crippen molar-refractivity contribution in [3.05, 3.63) is 47.3 Å². The van der Waals surface area contributed by atoms with Gasteiger partial charge in [0.25, 0.3) is 0 Å². The number of aromatic hydroxyl groups is 1. The summed E-state index contributed by atoms with van der Waals surface area (Å²) < 4.78 is 9.50. The van der Waals surface area contributed by atoms with Gasteiger partial charge < -0.3 is 5.11 Å². The number of nitrogens with zero attached hydrogens (tertiary/aromatic N) is 3. The van der Waals surface area contributed by atoms with Crippen LogP contribution < -0.4 is 0 Å². The average Bonchev–Trinajstić information content (AvgIpc) is 3.11. The van der Waals surface area contributed by atoms with Crippen molar-refractivity contribution in [1.82, 2.24) is 8.75 Å². The van der Waals surface area contributed by atoms with Crippen LogP contribution >= 0.6 is 23.1 Å². The Morgan fingerprint density at radius 2 is 1.95 bits per heavy atom. The van der Waals surface area contributed by atoms with Crippen LogP contribution in [0.15, 0.2) is 47.5 Å². The standard InChI is InChI=1S/C15H9N3OS2/c19-15-9-4-1-2-7-12(9)20-13(15)8-16-10-5-3-6-11-14(10)18-21-17-11/h1-8,19H/b16-8+. The number of fused-ring (bicyclic) bond motifs is 2. The zero-order chi connectivity index (χ0) is 14.2. The molecule has 0 spiro atoms. The number of benzene rings is 2. The first-order chi connectivity index (χ1) is 10.3. The number of hydrogen-bond donors (Lipinski definition) is 1. The minimum absolute atomic E-state index is 0.280. The molecule has 0 atom stereocenters. The summed E-state index contributed by atoms with van der Waals surface area (Å²) in [7, 11) is 0. The highest BCUT2D eigenvalue weighted by Crippen LogP contribution is 2.36. The smallest absolute Gasteiger partial charge is 0.142 e. The fourth-order valence-corrected chi connectivity index (χ4v) is 3.68. The predicted molar refractivity (Wildman–Crippen MR) is 88.2 cm³/mol. The van der Waals surface area contributed by atoms with E-state index in [9.17, 15) is 5.11 Å². The molecule has 4 rings (SSSR count). The van der Waals surface area contributed by atoms with Gasteiger partial charge in [-0.15, -0.1) is 11.3 Å². The van der Waals surface area contributed by atoms with E-state index in [1.54, 1.807) is 6.21 Å². The van der Waals surface area contributed by atoms with Crippen molar-refractivity contribution >= 4 is 56.1 Å². The van der Waals surface area contributed by atoms with Gasteiger partial charge in [0, 0.05) is 16.3 Å². The lowest BCUT2D eigenvalue weighted by atomic mass is 10.2. The number of thiophene rings is 1. The molecule has 6 heteroatoms. The van der Waals surface area contributed by atoms with Crippen LogP contribution in [0.4, 0.5) is 5.69 Å². The highest BCUT2D eigenvalue weighted by molar-refractivity contribution is 7.21. The molecule has 0 aliphatic rings. The number of aliphatic imine (C=N–C) groups is 1. The van der Waals surface area contributed by atoms with Gasteiger partial charge in [-0.3, -0.25) is 4.99 Å². The molecule has 102 valence electrons. The summed E-state index contributed by atoms with van der Waals surface area (Å²) in [6, 6.07) is 13.5. The third-order valence-corrected chi connectivity index (χ3v) is 4.82. The van der Waals surface area contributed by atoms with Gasteiger partial charge in [-0.1, -0.05) is 18.2 Å². The van der Waals surface area contributed by atoms with Crippen LogP contribution in [0.2, 0.25) is 0 Å². The third kappa shape index (κ3) is 2.09. The Bertz CT molecular complexity index is 971. The molecule has 0 saturated heterocycles. The van der Waals surface area contributed by atoms with Gasteiger partial charge in [-0.25, -0.2) is 0 Å². The lowest BCUT2D eigenvalue weighted by Crippen LogP contribution is -1.76. The molecule has 0 radical (unpaired) electrons. The molecule has 2 aromatic heterocycles. The van der Waals surface area contributed by atoms with E-state index >= 15 is 0 Å². The second kappa shape index (κ2) is 4.91. The molecule has 4 aromatic rings. The fourth-order valence-electron chi connectivity index (χ4n) is 2.16.